The van der Waals surface area contributed by atoms with Gasteiger partial charge < -0.3 is 5.32 Å². The third-order valence-corrected chi connectivity index (χ3v) is 6.31. The number of sulfone groups is 1. The van der Waals surface area contributed by atoms with Gasteiger partial charge in [0.05, 0.1) is 17.5 Å². The number of nitrogens with one attached hydrogen (secondary N) is 1. The summed E-state index contributed by atoms with van der Waals surface area (Å²) < 4.78 is 23.1. The Morgan fingerprint density at radius 3 is 2.64 bits per heavy atom. The molecule has 0 aromatic rings. The quantitative estimate of drug-likeness (QED) is 0.790. The molecule has 0 bridgehead atoms. The fraction of sp³-hybridized carbons (Fsp3) is 0.786. The van der Waals surface area contributed by atoms with E-state index in [0.717, 1.165) is 12.8 Å². The van der Waals surface area contributed by atoms with E-state index < -0.39 is 15.9 Å². The summed E-state index contributed by atoms with van der Waals surface area (Å²) in [6.07, 6.45) is 3.19. The molecule has 0 radical (unpaired) electrons. The largest absolute Gasteiger partial charge is 0.348 e. The summed E-state index contributed by atoms with van der Waals surface area (Å²) in [6, 6.07) is -0.311. The van der Waals surface area contributed by atoms with E-state index in [2.05, 4.69) is 10.4 Å². The number of nitrogens with zero attached hydrogens (tertiary/aromatic N) is 2. The second-order valence-corrected chi connectivity index (χ2v) is 8.67. The molecule has 1 N–H and O–H groups in total. The zero-order valence-electron chi connectivity index (χ0n) is 12.6. The molecule has 7 nitrogen and oxygen atoms in total. The standard InChI is InChI=1S/C14H21N3O4S/c1-9(10-2-3-10)15-14(19)12-4-5-13(18)17(16-12)11-6-7-22(20,21)8-11/h9-11H,2-8H2,1H3,(H,15,19)/t9-,11-/m0/s1. The van der Waals surface area contributed by atoms with E-state index in [4.69, 9.17) is 0 Å². The van der Waals surface area contributed by atoms with E-state index in [1.807, 2.05) is 6.92 Å². The molecular formula is C14H21N3O4S. The van der Waals surface area contributed by atoms with Gasteiger partial charge in [0, 0.05) is 18.9 Å². The third kappa shape index (κ3) is 3.31. The molecule has 1 saturated heterocycles. The highest BCUT2D eigenvalue weighted by molar-refractivity contribution is 7.91. The van der Waals surface area contributed by atoms with Gasteiger partial charge in [-0.25, -0.2) is 13.4 Å². The van der Waals surface area contributed by atoms with Crippen molar-refractivity contribution in [1.29, 1.82) is 0 Å². The number of hydrogen-bond donors (Lipinski definition) is 1. The van der Waals surface area contributed by atoms with Gasteiger partial charge in [-0.2, -0.15) is 5.10 Å². The summed E-state index contributed by atoms with van der Waals surface area (Å²) in [5.74, 6) is 0.129. The highest BCUT2D eigenvalue weighted by Gasteiger charge is 2.37. The first-order chi connectivity index (χ1) is 10.4. The van der Waals surface area contributed by atoms with Crippen LogP contribution in [0.1, 0.15) is 39.0 Å². The van der Waals surface area contributed by atoms with Crippen LogP contribution in [-0.2, 0) is 19.4 Å². The van der Waals surface area contributed by atoms with Crippen molar-refractivity contribution in [3.05, 3.63) is 0 Å². The molecule has 3 aliphatic rings. The van der Waals surface area contributed by atoms with Gasteiger partial charge in [-0.05, 0) is 32.1 Å². The molecule has 122 valence electrons. The van der Waals surface area contributed by atoms with Gasteiger partial charge in [0.15, 0.2) is 9.84 Å². The van der Waals surface area contributed by atoms with E-state index >= 15 is 0 Å². The van der Waals surface area contributed by atoms with Crippen LogP contribution in [0.2, 0.25) is 0 Å². The monoisotopic (exact) mass is 327 g/mol. The zero-order valence-corrected chi connectivity index (χ0v) is 13.4. The molecule has 22 heavy (non-hydrogen) atoms. The maximum atomic E-state index is 12.2. The Kier molecular flexibility index (Phi) is 3.96. The molecule has 2 aliphatic heterocycles. The van der Waals surface area contributed by atoms with Crippen molar-refractivity contribution in [2.75, 3.05) is 11.5 Å². The highest BCUT2D eigenvalue weighted by atomic mass is 32.2. The molecule has 1 saturated carbocycles. The number of carbonyl (C=O) groups is 2. The number of rotatable bonds is 4. The number of hydrogen-bond acceptors (Lipinski definition) is 5. The van der Waals surface area contributed by atoms with E-state index in [-0.39, 0.29) is 35.8 Å². The molecule has 1 aliphatic carbocycles. The zero-order chi connectivity index (χ0) is 15.9. The molecular weight excluding hydrogens is 306 g/mol. The Bertz CT molecular complexity index is 624. The summed E-state index contributed by atoms with van der Waals surface area (Å²) >= 11 is 0. The minimum atomic E-state index is -3.09. The summed E-state index contributed by atoms with van der Waals surface area (Å²) in [5.41, 5.74) is 0.330. The minimum absolute atomic E-state index is 0.0599. The Hall–Kier alpha value is -1.44. The summed E-state index contributed by atoms with van der Waals surface area (Å²) in [7, 11) is -3.09. The SMILES string of the molecule is C[C@H](NC(=O)C1=NN([C@H]2CCS(=O)(=O)C2)C(=O)CC1)C1CC1. The number of carbonyl (C=O) groups excluding carboxylic acids is 2. The van der Waals surface area contributed by atoms with Crippen molar-refractivity contribution in [3.63, 3.8) is 0 Å². The van der Waals surface area contributed by atoms with E-state index in [1.54, 1.807) is 0 Å². The predicted molar refractivity (Wildman–Crippen MR) is 80.9 cm³/mol. The molecule has 2 atom stereocenters. The van der Waals surface area contributed by atoms with Crippen LogP contribution < -0.4 is 5.32 Å². The van der Waals surface area contributed by atoms with Crippen molar-refractivity contribution in [1.82, 2.24) is 10.3 Å². The maximum absolute atomic E-state index is 12.2. The topological polar surface area (TPSA) is 95.9 Å². The van der Waals surface area contributed by atoms with E-state index in [9.17, 15) is 18.0 Å². The molecule has 0 spiro atoms. The minimum Gasteiger partial charge on any atom is -0.348 e. The van der Waals surface area contributed by atoms with Crippen LogP contribution in [0, 0.1) is 5.92 Å². The Labute approximate surface area is 130 Å². The average molecular weight is 327 g/mol. The van der Waals surface area contributed by atoms with Crippen LogP contribution in [0.25, 0.3) is 0 Å². The lowest BCUT2D eigenvalue weighted by Crippen LogP contribution is -2.45. The van der Waals surface area contributed by atoms with E-state index in [1.165, 1.54) is 5.01 Å². The van der Waals surface area contributed by atoms with Crippen molar-refractivity contribution in [3.8, 4) is 0 Å². The first-order valence-electron chi connectivity index (χ1n) is 7.76. The lowest BCUT2D eigenvalue weighted by Gasteiger charge is -2.28. The van der Waals surface area contributed by atoms with Crippen LogP contribution in [0.3, 0.4) is 0 Å². The Balaban J connectivity index is 1.70. The van der Waals surface area contributed by atoms with Gasteiger partial charge in [-0.3, -0.25) is 9.59 Å². The molecule has 3 rings (SSSR count). The van der Waals surface area contributed by atoms with Gasteiger partial charge in [0.2, 0.25) is 5.91 Å². The summed E-state index contributed by atoms with van der Waals surface area (Å²) in [4.78, 5) is 24.2. The fourth-order valence-corrected chi connectivity index (χ4v) is 4.68. The second kappa shape index (κ2) is 5.64. The van der Waals surface area contributed by atoms with Gasteiger partial charge in [-0.1, -0.05) is 0 Å². The van der Waals surface area contributed by atoms with Crippen LogP contribution in [0.5, 0.6) is 0 Å². The van der Waals surface area contributed by atoms with Gasteiger partial charge >= 0.3 is 0 Å². The summed E-state index contributed by atoms with van der Waals surface area (Å²) in [6.45, 7) is 1.98. The van der Waals surface area contributed by atoms with Crippen LogP contribution in [-0.4, -0.2) is 54.5 Å². The van der Waals surface area contributed by atoms with Crippen molar-refractivity contribution >= 4 is 27.4 Å². The molecule has 8 heteroatoms. The number of hydrazone groups is 1. The molecule has 2 fully saturated rings. The van der Waals surface area contributed by atoms with Gasteiger partial charge in [-0.15, -0.1) is 0 Å². The fourth-order valence-electron chi connectivity index (χ4n) is 2.99. The van der Waals surface area contributed by atoms with Gasteiger partial charge in [0.25, 0.3) is 5.91 Å². The lowest BCUT2D eigenvalue weighted by molar-refractivity contribution is -0.133. The van der Waals surface area contributed by atoms with Crippen LogP contribution in [0.15, 0.2) is 5.10 Å². The highest BCUT2D eigenvalue weighted by Crippen LogP contribution is 2.32. The lowest BCUT2D eigenvalue weighted by atomic mass is 10.1. The molecule has 2 heterocycles. The van der Waals surface area contributed by atoms with Crippen LogP contribution in [0.4, 0.5) is 0 Å². The maximum Gasteiger partial charge on any atom is 0.267 e. The smallest absolute Gasteiger partial charge is 0.267 e. The van der Waals surface area contributed by atoms with Crippen LogP contribution >= 0.6 is 0 Å². The normalized spacial score (nSPS) is 29.1. The molecule has 2 amide bonds. The van der Waals surface area contributed by atoms with Crippen molar-refractivity contribution in [2.24, 2.45) is 11.0 Å². The van der Waals surface area contributed by atoms with Crippen molar-refractivity contribution < 1.29 is 18.0 Å². The Morgan fingerprint density at radius 2 is 2.05 bits per heavy atom. The molecule has 0 aromatic carbocycles. The van der Waals surface area contributed by atoms with Crippen molar-refractivity contribution in [2.45, 2.75) is 51.1 Å². The first-order valence-corrected chi connectivity index (χ1v) is 9.59. The molecule has 0 unspecified atom stereocenters. The first kappa shape index (κ1) is 15.5. The Morgan fingerprint density at radius 1 is 1.32 bits per heavy atom. The second-order valence-electron chi connectivity index (χ2n) is 6.44. The number of amides is 2. The van der Waals surface area contributed by atoms with Gasteiger partial charge in [0.1, 0.15) is 5.71 Å². The third-order valence-electron chi connectivity index (χ3n) is 4.56. The summed E-state index contributed by atoms with van der Waals surface area (Å²) in [5, 5.41) is 8.32. The van der Waals surface area contributed by atoms with E-state index in [0.29, 0.717) is 24.5 Å². The predicted octanol–water partition coefficient (Wildman–Crippen LogP) is 0.0666. The molecule has 0 aromatic heterocycles. The average Bonchev–Trinajstić information content (AvgIpc) is 3.23.